The Morgan fingerprint density at radius 1 is 1.00 bits per heavy atom. The molecule has 1 N–H and O–H groups in total. The fourth-order valence-corrected chi connectivity index (χ4v) is 2.04. The normalized spacial score (nSPS) is 10.1. The Bertz CT molecular complexity index is 614. The molecule has 21 heavy (non-hydrogen) atoms. The number of aromatic nitrogens is 1. The van der Waals surface area contributed by atoms with E-state index in [1.807, 2.05) is 31.2 Å². The molecule has 0 fully saturated rings. The van der Waals surface area contributed by atoms with Crippen LogP contribution in [-0.4, -0.2) is 26.3 Å². The molecule has 0 saturated carbocycles. The zero-order valence-electron chi connectivity index (χ0n) is 12.8. The lowest BCUT2D eigenvalue weighted by atomic mass is 10.2. The number of pyridine rings is 1. The molecule has 0 bridgehead atoms. The van der Waals surface area contributed by atoms with Crippen LogP contribution < -0.4 is 19.5 Å². The minimum Gasteiger partial charge on any atom is -0.497 e. The van der Waals surface area contributed by atoms with Crippen molar-refractivity contribution in [3.8, 4) is 17.2 Å². The molecule has 0 aliphatic rings. The van der Waals surface area contributed by atoms with Gasteiger partial charge in [0.05, 0.1) is 33.2 Å². The van der Waals surface area contributed by atoms with Crippen LogP contribution in [0.15, 0.2) is 30.5 Å². The molecular weight excluding hydrogens is 268 g/mol. The summed E-state index contributed by atoms with van der Waals surface area (Å²) >= 11 is 0. The molecule has 0 atom stereocenters. The molecule has 5 nitrogen and oxygen atoms in total. The summed E-state index contributed by atoms with van der Waals surface area (Å²) in [6.07, 6.45) is 1.71. The third-order valence-electron chi connectivity index (χ3n) is 3.19. The molecule has 1 aromatic heterocycles. The molecule has 0 radical (unpaired) electrons. The van der Waals surface area contributed by atoms with Gasteiger partial charge in [0.2, 0.25) is 0 Å². The van der Waals surface area contributed by atoms with Gasteiger partial charge in [0.15, 0.2) is 5.75 Å². The van der Waals surface area contributed by atoms with Crippen LogP contribution in [0, 0.1) is 6.92 Å². The molecular formula is C16H20N2O3. The van der Waals surface area contributed by atoms with Crippen LogP contribution in [0.1, 0.15) is 11.3 Å². The van der Waals surface area contributed by atoms with Crippen LogP contribution in [0.2, 0.25) is 0 Å². The minimum atomic E-state index is 0.618. The van der Waals surface area contributed by atoms with Gasteiger partial charge in [-0.25, -0.2) is 0 Å². The summed E-state index contributed by atoms with van der Waals surface area (Å²) in [5.41, 5.74) is 2.87. The number of hydrogen-bond donors (Lipinski definition) is 1. The van der Waals surface area contributed by atoms with Crippen LogP contribution in [0.4, 0.5) is 5.69 Å². The predicted molar refractivity (Wildman–Crippen MR) is 82.4 cm³/mol. The number of nitrogens with one attached hydrogen (secondary N) is 1. The van der Waals surface area contributed by atoms with Crippen molar-refractivity contribution in [1.82, 2.24) is 4.98 Å². The van der Waals surface area contributed by atoms with Crippen molar-refractivity contribution in [2.24, 2.45) is 0 Å². The smallest absolute Gasteiger partial charge is 0.160 e. The van der Waals surface area contributed by atoms with Crippen molar-refractivity contribution in [1.29, 1.82) is 0 Å². The van der Waals surface area contributed by atoms with Gasteiger partial charge in [-0.05, 0) is 25.1 Å². The third-order valence-corrected chi connectivity index (χ3v) is 3.19. The fraction of sp³-hybridized carbons (Fsp3) is 0.312. The zero-order chi connectivity index (χ0) is 15.2. The van der Waals surface area contributed by atoms with Gasteiger partial charge in [-0.15, -0.1) is 0 Å². The summed E-state index contributed by atoms with van der Waals surface area (Å²) in [5, 5.41) is 3.35. The van der Waals surface area contributed by atoms with Gasteiger partial charge in [-0.1, -0.05) is 0 Å². The number of methoxy groups -OCH3 is 3. The van der Waals surface area contributed by atoms with E-state index in [2.05, 4.69) is 10.3 Å². The molecule has 5 heteroatoms. The molecule has 0 aliphatic carbocycles. The van der Waals surface area contributed by atoms with Gasteiger partial charge in [-0.2, -0.15) is 0 Å². The van der Waals surface area contributed by atoms with Crippen LogP contribution >= 0.6 is 0 Å². The van der Waals surface area contributed by atoms with Crippen LogP contribution in [0.5, 0.6) is 17.2 Å². The molecule has 2 aromatic rings. The highest BCUT2D eigenvalue weighted by molar-refractivity contribution is 5.56. The second-order valence-electron chi connectivity index (χ2n) is 4.56. The highest BCUT2D eigenvalue weighted by Gasteiger charge is 2.08. The Balaban J connectivity index is 2.18. The Hall–Kier alpha value is -2.43. The zero-order valence-corrected chi connectivity index (χ0v) is 12.8. The number of anilines is 1. The SMILES string of the molecule is COc1ccc(CNc2cc(C)ncc2OC)c(OC)c1. The molecule has 112 valence electrons. The molecule has 0 unspecified atom stereocenters. The number of hydrogen-bond acceptors (Lipinski definition) is 5. The van der Waals surface area contributed by atoms with E-state index < -0.39 is 0 Å². The molecule has 0 saturated heterocycles. The number of aryl methyl sites for hydroxylation is 1. The summed E-state index contributed by atoms with van der Waals surface area (Å²) in [4.78, 5) is 4.22. The fourth-order valence-electron chi connectivity index (χ4n) is 2.04. The van der Waals surface area contributed by atoms with E-state index in [-0.39, 0.29) is 0 Å². The highest BCUT2D eigenvalue weighted by Crippen LogP contribution is 2.28. The lowest BCUT2D eigenvalue weighted by Gasteiger charge is -2.14. The number of nitrogens with zero attached hydrogens (tertiary/aromatic N) is 1. The second-order valence-corrected chi connectivity index (χ2v) is 4.56. The Morgan fingerprint density at radius 2 is 1.76 bits per heavy atom. The number of rotatable bonds is 6. The minimum absolute atomic E-state index is 0.618. The molecule has 1 aromatic carbocycles. The van der Waals surface area contributed by atoms with Crippen molar-refractivity contribution in [3.05, 3.63) is 41.7 Å². The van der Waals surface area contributed by atoms with Crippen LogP contribution in [-0.2, 0) is 6.54 Å². The average Bonchev–Trinajstić information content (AvgIpc) is 2.52. The lowest BCUT2D eigenvalue weighted by molar-refractivity contribution is 0.391. The largest absolute Gasteiger partial charge is 0.497 e. The molecule has 1 heterocycles. The summed E-state index contributed by atoms with van der Waals surface area (Å²) in [6.45, 7) is 2.56. The van der Waals surface area contributed by atoms with Gasteiger partial charge in [0.25, 0.3) is 0 Å². The van der Waals surface area contributed by atoms with Crippen molar-refractivity contribution < 1.29 is 14.2 Å². The molecule has 0 amide bonds. The first-order valence-electron chi connectivity index (χ1n) is 6.63. The number of benzene rings is 1. The van der Waals surface area contributed by atoms with E-state index in [9.17, 15) is 0 Å². The van der Waals surface area contributed by atoms with E-state index in [0.717, 1.165) is 28.4 Å². The summed E-state index contributed by atoms with van der Waals surface area (Å²) in [6, 6.07) is 7.71. The van der Waals surface area contributed by atoms with Crippen molar-refractivity contribution in [2.45, 2.75) is 13.5 Å². The van der Waals surface area contributed by atoms with E-state index in [1.54, 1.807) is 27.5 Å². The maximum atomic E-state index is 5.39. The quantitative estimate of drug-likeness (QED) is 0.885. The second kappa shape index (κ2) is 6.83. The van der Waals surface area contributed by atoms with E-state index in [0.29, 0.717) is 12.3 Å². The first-order chi connectivity index (χ1) is 10.2. The Labute approximate surface area is 124 Å². The van der Waals surface area contributed by atoms with Crippen molar-refractivity contribution in [2.75, 3.05) is 26.6 Å². The van der Waals surface area contributed by atoms with Crippen molar-refractivity contribution in [3.63, 3.8) is 0 Å². The number of ether oxygens (including phenoxy) is 3. The van der Waals surface area contributed by atoms with Gasteiger partial charge in [-0.3, -0.25) is 4.98 Å². The average molecular weight is 288 g/mol. The van der Waals surface area contributed by atoms with E-state index >= 15 is 0 Å². The first-order valence-corrected chi connectivity index (χ1v) is 6.63. The maximum absolute atomic E-state index is 5.39. The van der Waals surface area contributed by atoms with Gasteiger partial charge >= 0.3 is 0 Å². The topological polar surface area (TPSA) is 52.6 Å². The van der Waals surface area contributed by atoms with E-state index in [1.165, 1.54) is 0 Å². The van der Waals surface area contributed by atoms with Gasteiger partial charge in [0, 0.05) is 23.9 Å². The first kappa shape index (κ1) is 15.0. The summed E-state index contributed by atoms with van der Waals surface area (Å²) in [7, 11) is 4.91. The van der Waals surface area contributed by atoms with Crippen LogP contribution in [0.25, 0.3) is 0 Å². The summed E-state index contributed by atoms with van der Waals surface area (Å²) in [5.74, 6) is 2.27. The molecule has 2 rings (SSSR count). The summed E-state index contributed by atoms with van der Waals surface area (Å²) < 4.78 is 15.9. The highest BCUT2D eigenvalue weighted by atomic mass is 16.5. The standard InChI is InChI=1S/C16H20N2O3/c1-11-7-14(16(21-4)10-17-11)18-9-12-5-6-13(19-2)8-15(12)20-3/h5-8,10H,9H2,1-4H3,(H,17,18). The van der Waals surface area contributed by atoms with Crippen LogP contribution in [0.3, 0.4) is 0 Å². The predicted octanol–water partition coefficient (Wildman–Crippen LogP) is 3.03. The monoisotopic (exact) mass is 288 g/mol. The van der Waals surface area contributed by atoms with Gasteiger partial charge < -0.3 is 19.5 Å². The maximum Gasteiger partial charge on any atom is 0.160 e. The lowest BCUT2D eigenvalue weighted by Crippen LogP contribution is -2.04. The Morgan fingerprint density at radius 3 is 2.43 bits per heavy atom. The molecule has 0 spiro atoms. The van der Waals surface area contributed by atoms with E-state index in [4.69, 9.17) is 14.2 Å². The van der Waals surface area contributed by atoms with Gasteiger partial charge in [0.1, 0.15) is 11.5 Å². The Kier molecular flexibility index (Phi) is 4.87. The van der Waals surface area contributed by atoms with Crippen molar-refractivity contribution >= 4 is 5.69 Å². The third kappa shape index (κ3) is 3.56. The molecule has 0 aliphatic heterocycles.